The van der Waals surface area contributed by atoms with Gasteiger partial charge < -0.3 is 54.0 Å². The Morgan fingerprint density at radius 2 is 1.01 bits per heavy atom. The fraction of sp³-hybridized carbons (Fsp3) is 0.508. The molecule has 4 aromatic heterocycles. The van der Waals surface area contributed by atoms with Crippen LogP contribution in [0.3, 0.4) is 0 Å². The van der Waals surface area contributed by atoms with Crippen LogP contribution in [-0.2, 0) is 62.1 Å². The van der Waals surface area contributed by atoms with Gasteiger partial charge in [0.05, 0.1) is 34.7 Å². The summed E-state index contributed by atoms with van der Waals surface area (Å²) in [7, 11) is 3.34. The Hall–Kier alpha value is -8.11. The van der Waals surface area contributed by atoms with E-state index in [2.05, 4.69) is 26.1 Å². The van der Waals surface area contributed by atoms with Crippen LogP contribution in [0.15, 0.2) is 70.3 Å². The number of alkyl halides is 6. The van der Waals surface area contributed by atoms with E-state index in [9.17, 15) is 50.3 Å². The fourth-order valence-corrected chi connectivity index (χ4v) is 11.1. The first-order valence-corrected chi connectivity index (χ1v) is 29.0. The molecule has 2 fully saturated rings. The number of halogens is 6. The number of carbonyl (C=O) groups excluding carboxylic acids is 3. The van der Waals surface area contributed by atoms with Crippen molar-refractivity contribution in [1.82, 2.24) is 48.5 Å². The van der Waals surface area contributed by atoms with Crippen molar-refractivity contribution in [2.24, 2.45) is 0 Å². The van der Waals surface area contributed by atoms with Crippen LogP contribution in [0.2, 0.25) is 0 Å². The number of amides is 3. The molecule has 2 aliphatic carbocycles. The van der Waals surface area contributed by atoms with Crippen molar-refractivity contribution >= 4 is 63.4 Å². The highest BCUT2D eigenvalue weighted by molar-refractivity contribution is 5.92. The van der Waals surface area contributed by atoms with Crippen LogP contribution in [0.5, 0.6) is 0 Å². The number of anilines is 4. The summed E-state index contributed by atoms with van der Waals surface area (Å²) >= 11 is 0. The van der Waals surface area contributed by atoms with Gasteiger partial charge in [0.1, 0.15) is 30.1 Å². The Morgan fingerprint density at radius 1 is 0.609 bits per heavy atom. The van der Waals surface area contributed by atoms with Crippen molar-refractivity contribution in [3.05, 3.63) is 116 Å². The molecule has 3 amide bonds. The summed E-state index contributed by atoms with van der Waals surface area (Å²) in [6, 6.07) is 8.45. The van der Waals surface area contributed by atoms with E-state index in [0.717, 1.165) is 48.3 Å². The maximum Gasteiger partial charge on any atom is 0.416 e. The molecule has 0 spiro atoms. The molecule has 0 bridgehead atoms. The third-order valence-electron chi connectivity index (χ3n) is 15.6. The minimum atomic E-state index is -4.50. The zero-order valence-corrected chi connectivity index (χ0v) is 49.6. The van der Waals surface area contributed by atoms with Crippen LogP contribution in [0.25, 0.3) is 22.7 Å². The number of aromatic nitrogens is 8. The van der Waals surface area contributed by atoms with E-state index in [1.807, 2.05) is 35.8 Å². The van der Waals surface area contributed by atoms with E-state index in [0.29, 0.717) is 125 Å². The molecule has 22 nitrogen and oxygen atoms in total. The van der Waals surface area contributed by atoms with Crippen molar-refractivity contribution in [3.63, 3.8) is 0 Å². The number of allylic oxidation sites excluding steroid dienone is 2. The molecule has 2 aliphatic heterocycles. The van der Waals surface area contributed by atoms with Gasteiger partial charge in [-0.3, -0.25) is 19.2 Å². The van der Waals surface area contributed by atoms with Crippen LogP contribution in [0.1, 0.15) is 107 Å². The minimum absolute atomic E-state index is 0.0855. The van der Waals surface area contributed by atoms with Gasteiger partial charge in [-0.25, -0.2) is 4.79 Å². The van der Waals surface area contributed by atoms with E-state index in [4.69, 9.17) is 24.2 Å². The maximum atomic E-state index is 14.1. The monoisotopic (exact) mass is 1220 g/mol. The Morgan fingerprint density at radius 3 is 1.36 bits per heavy atom. The lowest BCUT2D eigenvalue weighted by atomic mass is 9.97. The smallest absolute Gasteiger partial charge is 0.416 e. The number of piperazine rings is 2. The minimum Gasteiger partial charge on any atom is -0.444 e. The summed E-state index contributed by atoms with van der Waals surface area (Å²) in [6.45, 7) is 12.7. The molecule has 6 aromatic rings. The Bertz CT molecular complexity index is 3660. The zero-order valence-electron chi connectivity index (χ0n) is 49.6. The third-order valence-corrected chi connectivity index (χ3v) is 15.6. The standard InChI is InChI=1S/C32H40F3N7O5.C27H32F3N7O3/c1-6-24-26(39-15-17-40(18-16-39)30(45)47-31(2,3)4)28(44)42-29(37-27(38-42)20-7-13-23(46-5)14-8-20)41(24)19-25(43)36-22-11-9-21(10-12-22)32(33,34)35;1-3-21-23(35-14-12-31-13-15-35)25(39)37-26(33-24(34-37)17-4-10-20(40-2)11-5-17)36(21)16-22(38)32-19-8-6-18(7-9-19)27(28,29)30/h7,9-12,23H,6,8,13-19H2,1-5H3,(H,36,43);4,6-9,20,31H,3,5,10-16H2,1-2H3,(H,32,38)/t23-;20-/m00/s1. The van der Waals surface area contributed by atoms with Gasteiger partial charge in [-0.1, -0.05) is 26.0 Å². The quantitative estimate of drug-likeness (QED) is 0.0882. The number of ether oxygens (including phenoxy) is 3. The van der Waals surface area contributed by atoms with Gasteiger partial charge in [0.25, 0.3) is 11.1 Å². The van der Waals surface area contributed by atoms with Gasteiger partial charge in [-0.05, 0) is 132 Å². The second-order valence-corrected chi connectivity index (χ2v) is 22.5. The average Bonchev–Trinajstić information content (AvgIpc) is 2.16. The summed E-state index contributed by atoms with van der Waals surface area (Å²) < 4.78 is 100. The van der Waals surface area contributed by atoms with E-state index in [1.54, 1.807) is 49.0 Å². The largest absolute Gasteiger partial charge is 0.444 e. The zero-order chi connectivity index (χ0) is 62.5. The number of benzene rings is 2. The molecule has 2 saturated heterocycles. The Balaban J connectivity index is 0.000000210. The molecule has 0 radical (unpaired) electrons. The second-order valence-electron chi connectivity index (χ2n) is 22.5. The molecule has 468 valence electrons. The molecule has 87 heavy (non-hydrogen) atoms. The highest BCUT2D eigenvalue weighted by Gasteiger charge is 2.34. The lowest BCUT2D eigenvalue weighted by Gasteiger charge is -2.37. The van der Waals surface area contributed by atoms with Crippen LogP contribution >= 0.6 is 0 Å². The van der Waals surface area contributed by atoms with Crippen molar-refractivity contribution in [3.8, 4) is 0 Å². The number of hydrogen-bond donors (Lipinski definition) is 3. The Labute approximate surface area is 497 Å². The highest BCUT2D eigenvalue weighted by Crippen LogP contribution is 2.33. The maximum absolute atomic E-state index is 14.1. The summed E-state index contributed by atoms with van der Waals surface area (Å²) in [5.41, 5.74) is 1.27. The van der Waals surface area contributed by atoms with Gasteiger partial charge in [0, 0.05) is 78.0 Å². The third kappa shape index (κ3) is 14.7. The van der Waals surface area contributed by atoms with Gasteiger partial charge in [0.15, 0.2) is 11.6 Å². The topological polar surface area (TPSA) is 229 Å². The van der Waals surface area contributed by atoms with E-state index >= 15 is 0 Å². The van der Waals surface area contributed by atoms with E-state index in [-0.39, 0.29) is 53.8 Å². The van der Waals surface area contributed by atoms with E-state index < -0.39 is 52.5 Å². The lowest BCUT2D eigenvalue weighted by molar-refractivity contribution is -0.138. The second kappa shape index (κ2) is 26.5. The highest BCUT2D eigenvalue weighted by atomic mass is 19.4. The van der Waals surface area contributed by atoms with Crippen molar-refractivity contribution in [2.75, 3.05) is 87.0 Å². The van der Waals surface area contributed by atoms with Gasteiger partial charge >= 0.3 is 18.4 Å². The van der Waals surface area contributed by atoms with Crippen LogP contribution in [0.4, 0.5) is 53.9 Å². The average molecular weight is 1220 g/mol. The van der Waals surface area contributed by atoms with Crippen LogP contribution in [-0.4, -0.2) is 146 Å². The normalized spacial score (nSPS) is 17.8. The first kappa shape index (κ1) is 63.4. The van der Waals surface area contributed by atoms with Gasteiger partial charge in [-0.2, -0.15) is 45.3 Å². The molecule has 2 atom stereocenters. The van der Waals surface area contributed by atoms with Crippen molar-refractivity contribution in [1.29, 1.82) is 0 Å². The fourth-order valence-electron chi connectivity index (χ4n) is 11.1. The number of nitrogens with zero attached hydrogens (tertiary/aromatic N) is 11. The molecule has 0 saturated carbocycles. The number of hydrogen-bond acceptors (Lipinski definition) is 15. The molecule has 0 unspecified atom stereocenters. The lowest BCUT2D eigenvalue weighted by Crippen LogP contribution is -2.51. The Kier molecular flexibility index (Phi) is 19.3. The number of carbonyl (C=O) groups is 3. The molecular weight excluding hydrogens is 1150 g/mol. The molecular formula is C59H72F6N14O8. The van der Waals surface area contributed by atoms with Crippen LogP contribution < -0.4 is 36.9 Å². The summed E-state index contributed by atoms with van der Waals surface area (Å²) in [4.78, 5) is 82.1. The number of rotatable bonds is 14. The van der Waals surface area contributed by atoms with Gasteiger partial charge in [0.2, 0.25) is 23.4 Å². The number of fused-ring (bicyclic) bond motifs is 2. The van der Waals surface area contributed by atoms with E-state index in [1.165, 1.54) is 33.3 Å². The first-order valence-electron chi connectivity index (χ1n) is 29.0. The SMILES string of the molecule is CCc1c(N2CCN(C(=O)OC(C)(C)C)CC2)c(=O)n2nc(C3=CC[C@H](OC)CC3)nc2n1CC(=O)Nc1ccc(C(F)(F)F)cc1.CCc1c(N2CCNCC2)c(=O)n2nc(C3=CC[C@H](OC)CC3)nc2n1CC(=O)Nc1ccc(C(F)(F)F)cc1. The first-order chi connectivity index (χ1) is 41.4. The van der Waals surface area contributed by atoms with Gasteiger partial charge in [-0.15, -0.1) is 10.2 Å². The summed E-state index contributed by atoms with van der Waals surface area (Å²) in [5, 5.41) is 17.8. The van der Waals surface area contributed by atoms with Crippen molar-refractivity contribution in [2.45, 2.75) is 129 Å². The predicted molar refractivity (Wildman–Crippen MR) is 314 cm³/mol. The number of methoxy groups -OCH3 is 2. The molecule has 3 N–H and O–H groups in total. The van der Waals surface area contributed by atoms with Crippen LogP contribution in [0, 0.1) is 0 Å². The molecule has 28 heteroatoms. The summed E-state index contributed by atoms with van der Waals surface area (Å²) in [6.07, 6.45) is -0.0330. The molecule has 10 rings (SSSR count). The summed E-state index contributed by atoms with van der Waals surface area (Å²) in [5.74, 6) is 0.250. The molecule has 6 heterocycles. The van der Waals surface area contributed by atoms with Crippen molar-refractivity contribution < 1.29 is 54.9 Å². The molecule has 4 aliphatic rings. The predicted octanol–water partition coefficient (Wildman–Crippen LogP) is 7.85. The number of nitrogens with one attached hydrogen (secondary N) is 3. The molecule has 2 aromatic carbocycles.